The molecule has 2 bridgehead atoms. The SMILES string of the molecule is C[C@@H](C[C@@H]1CC/C=C\[C@H](O)[C@@H]2CC[C@H]2CN2CCCCC3C=C(Cl)C=CC3(C)COc3ccc(cc32)C(=O)NS1(=O)=O)O[Si](c1ccccc1)(c1ccccc1)C(C)(C)C. The number of aliphatic hydroxyl groups is 1. The summed E-state index contributed by atoms with van der Waals surface area (Å²) in [4.78, 5) is 16.5. The molecule has 2 N–H and O–H groups in total. The summed E-state index contributed by atoms with van der Waals surface area (Å²) in [5.74, 6) is 0.541. The maximum Gasteiger partial charge on any atom is 0.264 e. The third kappa shape index (κ3) is 9.53. The smallest absolute Gasteiger partial charge is 0.264 e. The number of carbonyl (C=O) groups excluding carboxylic acids is 1. The predicted octanol–water partition coefficient (Wildman–Crippen LogP) is 8.89. The number of fused-ring (bicyclic) bond motifs is 3. The van der Waals surface area contributed by atoms with Gasteiger partial charge in [-0.3, -0.25) is 4.79 Å². The molecule has 60 heavy (non-hydrogen) atoms. The van der Waals surface area contributed by atoms with Crippen LogP contribution in [-0.2, 0) is 14.4 Å². The summed E-state index contributed by atoms with van der Waals surface area (Å²) in [6, 6.07) is 25.9. The van der Waals surface area contributed by atoms with Crippen LogP contribution in [0, 0.1) is 23.2 Å². The molecular formula is C49H63ClN2O6SSi. The van der Waals surface area contributed by atoms with Gasteiger partial charge in [0.15, 0.2) is 0 Å². The van der Waals surface area contributed by atoms with Crippen molar-refractivity contribution in [2.75, 3.05) is 24.6 Å². The molecule has 0 radical (unpaired) electrons. The largest absolute Gasteiger partial charge is 0.490 e. The first kappa shape index (κ1) is 44.4. The van der Waals surface area contributed by atoms with Crippen LogP contribution in [0.3, 0.4) is 0 Å². The number of benzene rings is 3. The highest BCUT2D eigenvalue weighted by molar-refractivity contribution is 7.90. The fourth-order valence-electron chi connectivity index (χ4n) is 9.94. The van der Waals surface area contributed by atoms with Gasteiger partial charge in [0.05, 0.1) is 23.6 Å². The number of amides is 1. The Kier molecular flexibility index (Phi) is 13.6. The van der Waals surface area contributed by atoms with Gasteiger partial charge in [0, 0.05) is 35.2 Å². The van der Waals surface area contributed by atoms with Crippen LogP contribution in [0.2, 0.25) is 5.04 Å². The van der Waals surface area contributed by atoms with Crippen molar-refractivity contribution < 1.29 is 27.5 Å². The van der Waals surface area contributed by atoms with Gasteiger partial charge in [-0.05, 0) is 109 Å². The second-order valence-electron chi connectivity index (χ2n) is 18.8. The molecule has 2 aliphatic heterocycles. The van der Waals surface area contributed by atoms with Gasteiger partial charge in [-0.2, -0.15) is 0 Å². The molecule has 3 aromatic carbocycles. The molecule has 1 saturated carbocycles. The van der Waals surface area contributed by atoms with E-state index in [4.69, 9.17) is 20.8 Å². The number of anilines is 1. The number of ether oxygens (including phenoxy) is 1. The number of carbonyl (C=O) groups is 1. The third-order valence-corrected chi connectivity index (χ3v) is 20.7. The molecule has 1 amide bonds. The molecular weight excluding hydrogens is 808 g/mol. The number of aliphatic hydroxyl groups excluding tert-OH is 1. The van der Waals surface area contributed by atoms with E-state index in [1.54, 1.807) is 12.1 Å². The summed E-state index contributed by atoms with van der Waals surface area (Å²) in [6.45, 7) is 12.6. The van der Waals surface area contributed by atoms with Crippen molar-refractivity contribution in [1.82, 2.24) is 4.72 Å². The quantitative estimate of drug-likeness (QED) is 0.189. The van der Waals surface area contributed by atoms with Crippen LogP contribution in [-0.4, -0.2) is 64.9 Å². The molecule has 4 aliphatic rings. The Hall–Kier alpha value is -3.67. The molecule has 322 valence electrons. The zero-order valence-corrected chi connectivity index (χ0v) is 38.4. The van der Waals surface area contributed by atoms with Crippen molar-refractivity contribution in [2.24, 2.45) is 23.2 Å². The highest BCUT2D eigenvalue weighted by Gasteiger charge is 2.51. The first-order chi connectivity index (χ1) is 28.6. The lowest BCUT2D eigenvalue weighted by molar-refractivity contribution is 0.0461. The van der Waals surface area contributed by atoms with Crippen LogP contribution in [0.4, 0.5) is 5.69 Å². The van der Waals surface area contributed by atoms with E-state index in [-0.39, 0.29) is 46.6 Å². The number of nitrogens with zero attached hydrogens (tertiary/aromatic N) is 1. The minimum Gasteiger partial charge on any atom is -0.490 e. The van der Waals surface area contributed by atoms with E-state index in [1.807, 2.05) is 67.6 Å². The lowest BCUT2D eigenvalue weighted by Gasteiger charge is -2.45. The summed E-state index contributed by atoms with van der Waals surface area (Å²) in [5.41, 5.74) is 0.748. The number of nitrogens with one attached hydrogen (secondary N) is 1. The van der Waals surface area contributed by atoms with Gasteiger partial charge in [0.2, 0.25) is 10.0 Å². The lowest BCUT2D eigenvalue weighted by atomic mass is 9.70. The molecule has 2 aliphatic carbocycles. The molecule has 3 aromatic rings. The van der Waals surface area contributed by atoms with E-state index in [0.29, 0.717) is 25.3 Å². The Balaban J connectivity index is 1.22. The van der Waals surface area contributed by atoms with Gasteiger partial charge in [-0.25, -0.2) is 13.1 Å². The van der Waals surface area contributed by atoms with Gasteiger partial charge in [-0.1, -0.05) is 131 Å². The van der Waals surface area contributed by atoms with Crippen LogP contribution in [0.25, 0.3) is 0 Å². The topological polar surface area (TPSA) is 105 Å². The molecule has 8 nitrogen and oxygen atoms in total. The number of hydrogen-bond donors (Lipinski definition) is 2. The summed E-state index contributed by atoms with van der Waals surface area (Å²) >= 11 is 6.49. The molecule has 11 heteroatoms. The predicted molar refractivity (Wildman–Crippen MR) is 246 cm³/mol. The Labute approximate surface area is 364 Å². The maximum atomic E-state index is 14.5. The van der Waals surface area contributed by atoms with Gasteiger partial charge in [0.1, 0.15) is 5.75 Å². The summed E-state index contributed by atoms with van der Waals surface area (Å²) < 4.78 is 45.5. The van der Waals surface area contributed by atoms with Crippen molar-refractivity contribution in [3.63, 3.8) is 0 Å². The van der Waals surface area contributed by atoms with Crippen molar-refractivity contribution in [1.29, 1.82) is 0 Å². The Morgan fingerprint density at radius 2 is 1.70 bits per heavy atom. The number of rotatable bonds is 6. The summed E-state index contributed by atoms with van der Waals surface area (Å²) in [5, 5.41) is 13.2. The number of sulfonamides is 1. The fourth-order valence-corrected chi connectivity index (χ4v) is 16.4. The highest BCUT2D eigenvalue weighted by atomic mass is 35.5. The van der Waals surface area contributed by atoms with Crippen LogP contribution in [0.5, 0.6) is 5.75 Å². The Bertz CT molecular complexity index is 2130. The molecule has 2 unspecified atom stereocenters. The van der Waals surface area contributed by atoms with Gasteiger partial charge >= 0.3 is 0 Å². The average Bonchev–Trinajstić information content (AvgIpc) is 3.22. The molecule has 1 fully saturated rings. The first-order valence-electron chi connectivity index (χ1n) is 21.9. The second-order valence-corrected chi connectivity index (χ2v) is 25.5. The second kappa shape index (κ2) is 18.4. The number of halogens is 1. The normalized spacial score (nSPS) is 28.6. The van der Waals surface area contributed by atoms with E-state index in [2.05, 4.69) is 73.7 Å². The lowest BCUT2D eigenvalue weighted by Crippen LogP contribution is -2.67. The molecule has 7 rings (SSSR count). The Morgan fingerprint density at radius 1 is 1.00 bits per heavy atom. The first-order valence-corrected chi connectivity index (χ1v) is 25.7. The number of allylic oxidation sites excluding steroid dienone is 4. The minimum absolute atomic E-state index is 0.0850. The minimum atomic E-state index is -4.20. The monoisotopic (exact) mass is 870 g/mol. The van der Waals surface area contributed by atoms with Crippen molar-refractivity contribution >= 4 is 51.9 Å². The Morgan fingerprint density at radius 3 is 2.35 bits per heavy atom. The molecule has 7 atom stereocenters. The van der Waals surface area contributed by atoms with E-state index in [1.165, 1.54) is 0 Å². The zero-order valence-electron chi connectivity index (χ0n) is 35.9. The fraction of sp³-hybridized carbons (Fsp3) is 0.490. The molecule has 2 heterocycles. The van der Waals surface area contributed by atoms with Crippen molar-refractivity contribution in [3.05, 3.63) is 120 Å². The average molecular weight is 872 g/mol. The summed E-state index contributed by atoms with van der Waals surface area (Å²) in [7, 11) is -7.20. The zero-order chi connectivity index (χ0) is 42.7. The summed E-state index contributed by atoms with van der Waals surface area (Å²) in [6.07, 6.45) is 14.5. The van der Waals surface area contributed by atoms with E-state index >= 15 is 0 Å². The number of hydrogen-bond acceptors (Lipinski definition) is 7. The molecule has 0 aromatic heterocycles. The van der Waals surface area contributed by atoms with Crippen molar-refractivity contribution in [2.45, 2.75) is 108 Å². The van der Waals surface area contributed by atoms with Gasteiger partial charge in [-0.15, -0.1) is 0 Å². The molecule has 0 spiro atoms. The highest BCUT2D eigenvalue weighted by Crippen LogP contribution is 2.44. The van der Waals surface area contributed by atoms with E-state index < -0.39 is 41.7 Å². The van der Waals surface area contributed by atoms with Crippen molar-refractivity contribution in [3.8, 4) is 5.75 Å². The third-order valence-electron chi connectivity index (χ3n) is 13.5. The van der Waals surface area contributed by atoms with Crippen LogP contribution < -0.4 is 24.7 Å². The van der Waals surface area contributed by atoms with Gasteiger partial charge in [0.25, 0.3) is 14.2 Å². The van der Waals surface area contributed by atoms with Crippen LogP contribution in [0.1, 0.15) is 96.3 Å². The maximum absolute atomic E-state index is 14.5. The van der Waals surface area contributed by atoms with Crippen LogP contribution >= 0.6 is 11.6 Å². The molecule has 0 saturated heterocycles. The van der Waals surface area contributed by atoms with Gasteiger partial charge < -0.3 is 19.2 Å². The van der Waals surface area contributed by atoms with E-state index in [0.717, 1.165) is 59.7 Å². The van der Waals surface area contributed by atoms with E-state index in [9.17, 15) is 18.3 Å². The van der Waals surface area contributed by atoms with Crippen LogP contribution in [0.15, 0.2) is 114 Å². The standard InChI is InChI=1S/C49H63ClN2O6SSi/c1-35(58-60(48(2,3)4,41-18-8-6-9-19-41)42-20-10-7-11-21-42)30-40-17-12-13-22-45(53)43-25-23-37(43)33-52-29-15-14-16-38-32-39(50)27-28-49(38,5)34-57-46-26-24-36(31-44(46)52)47(54)51-59(40,55)56/h6-11,13,18-22,24,26-28,31-32,35,37-38,40,43,45,53H,12,14-17,23,25,29-30,33-34H2,1-5H3,(H,51,54)/b22-13-/t35-,37-,38?,40-,43+,45-,49?/m0/s1.